The molecule has 1 aromatic carbocycles. The van der Waals surface area contributed by atoms with Gasteiger partial charge in [0, 0.05) is 12.1 Å². The van der Waals surface area contributed by atoms with Gasteiger partial charge in [0.15, 0.2) is 0 Å². The summed E-state index contributed by atoms with van der Waals surface area (Å²) >= 11 is 0. The predicted octanol–water partition coefficient (Wildman–Crippen LogP) is 3.69. The van der Waals surface area contributed by atoms with Crippen LogP contribution in [0.1, 0.15) is 31.5 Å². The van der Waals surface area contributed by atoms with E-state index in [-0.39, 0.29) is 5.69 Å². The van der Waals surface area contributed by atoms with Crippen molar-refractivity contribution in [1.82, 2.24) is 15.1 Å². The van der Waals surface area contributed by atoms with E-state index in [1.165, 1.54) is 30.5 Å². The summed E-state index contributed by atoms with van der Waals surface area (Å²) in [4.78, 5) is 0. The Morgan fingerprint density at radius 1 is 1.19 bits per heavy atom. The van der Waals surface area contributed by atoms with E-state index >= 15 is 0 Å². The summed E-state index contributed by atoms with van der Waals surface area (Å²) in [5.74, 6) is 0.0236. The molecule has 114 valence electrons. The molecule has 2 rings (SSSR count). The van der Waals surface area contributed by atoms with Gasteiger partial charge < -0.3 is 5.32 Å². The zero-order chi connectivity index (χ0) is 15.4. The van der Waals surface area contributed by atoms with E-state index in [0.717, 1.165) is 11.2 Å². The van der Waals surface area contributed by atoms with E-state index in [1.54, 1.807) is 0 Å². The minimum absolute atomic E-state index is 0.155. The fourth-order valence-electron chi connectivity index (χ4n) is 2.04. The van der Waals surface area contributed by atoms with Crippen molar-refractivity contribution in [2.24, 2.45) is 5.92 Å². The van der Waals surface area contributed by atoms with E-state index in [1.807, 2.05) is 13.8 Å². The smallest absolute Gasteiger partial charge is 0.280 e. The first-order valence-electron chi connectivity index (χ1n) is 6.80. The van der Waals surface area contributed by atoms with Crippen molar-refractivity contribution in [3.8, 4) is 5.69 Å². The van der Waals surface area contributed by atoms with E-state index in [9.17, 15) is 13.2 Å². The van der Waals surface area contributed by atoms with Crippen LogP contribution in [0.3, 0.4) is 0 Å². The third-order valence-electron chi connectivity index (χ3n) is 3.03. The molecule has 0 saturated carbocycles. The molecular formula is C15H18F3N3. The fourth-order valence-corrected chi connectivity index (χ4v) is 2.04. The molecule has 0 aliphatic rings. The van der Waals surface area contributed by atoms with Crippen LogP contribution in [0.5, 0.6) is 0 Å². The Labute approximate surface area is 121 Å². The van der Waals surface area contributed by atoms with Crippen LogP contribution in [0.15, 0.2) is 30.5 Å². The number of nitrogens with one attached hydrogen (secondary N) is 1. The molecule has 1 heterocycles. The molecule has 0 atom stereocenters. The fraction of sp³-hybridized carbons (Fsp3) is 0.400. The lowest BCUT2D eigenvalue weighted by Crippen LogP contribution is -2.19. The van der Waals surface area contributed by atoms with E-state index in [4.69, 9.17) is 0 Å². The first-order chi connectivity index (χ1) is 9.99. The highest BCUT2D eigenvalue weighted by atomic mass is 19.3. The van der Waals surface area contributed by atoms with Crippen LogP contribution in [-0.2, 0) is 6.54 Å². The molecule has 0 saturated heterocycles. The molecule has 0 radical (unpaired) electrons. The zero-order valence-electron chi connectivity index (χ0n) is 12.0. The first-order valence-corrected chi connectivity index (χ1v) is 6.80. The summed E-state index contributed by atoms with van der Waals surface area (Å²) in [6.07, 6.45) is -1.22. The van der Waals surface area contributed by atoms with Crippen LogP contribution in [0.2, 0.25) is 0 Å². The van der Waals surface area contributed by atoms with Crippen molar-refractivity contribution in [3.05, 3.63) is 47.5 Å². The lowest BCUT2D eigenvalue weighted by Gasteiger charge is -2.10. The summed E-state index contributed by atoms with van der Waals surface area (Å²) in [5, 5.41) is 7.13. The average Bonchev–Trinajstić information content (AvgIpc) is 2.83. The van der Waals surface area contributed by atoms with Gasteiger partial charge in [-0.15, -0.1) is 0 Å². The lowest BCUT2D eigenvalue weighted by molar-refractivity contribution is 0.141. The van der Waals surface area contributed by atoms with Gasteiger partial charge in [-0.2, -0.15) is 5.10 Å². The Morgan fingerprint density at radius 2 is 1.86 bits per heavy atom. The molecule has 2 aromatic rings. The van der Waals surface area contributed by atoms with Crippen molar-refractivity contribution in [2.45, 2.75) is 26.8 Å². The molecule has 0 fully saturated rings. The number of halogens is 3. The first kappa shape index (κ1) is 15.6. The van der Waals surface area contributed by atoms with Crippen LogP contribution in [0.25, 0.3) is 5.69 Å². The number of aromatic nitrogens is 2. The van der Waals surface area contributed by atoms with Crippen LogP contribution >= 0.6 is 0 Å². The second kappa shape index (κ2) is 6.76. The minimum Gasteiger partial charge on any atom is -0.312 e. The summed E-state index contributed by atoms with van der Waals surface area (Å²) in [5.41, 5.74) is 0.717. The maximum Gasteiger partial charge on any atom is 0.280 e. The largest absolute Gasteiger partial charge is 0.312 e. The monoisotopic (exact) mass is 297 g/mol. The predicted molar refractivity (Wildman–Crippen MR) is 75.0 cm³/mol. The third-order valence-corrected chi connectivity index (χ3v) is 3.03. The van der Waals surface area contributed by atoms with Crippen LogP contribution in [0.4, 0.5) is 13.2 Å². The van der Waals surface area contributed by atoms with Gasteiger partial charge in [0.05, 0.1) is 11.9 Å². The Morgan fingerprint density at radius 3 is 2.43 bits per heavy atom. The Balaban J connectivity index is 2.26. The number of hydrogen-bond acceptors (Lipinski definition) is 2. The standard InChI is InChI=1S/C15H18F3N3/c1-10(2)7-19-8-11-9-20-21(14(11)15(17)18)13-5-3-12(16)4-6-13/h3-6,9-10,15,19H,7-8H2,1-2H3. The van der Waals surface area contributed by atoms with Crippen molar-refractivity contribution < 1.29 is 13.2 Å². The van der Waals surface area contributed by atoms with Gasteiger partial charge in [0.25, 0.3) is 6.43 Å². The topological polar surface area (TPSA) is 29.9 Å². The summed E-state index contributed by atoms with van der Waals surface area (Å²) in [6.45, 7) is 5.16. The molecule has 0 unspecified atom stereocenters. The molecule has 21 heavy (non-hydrogen) atoms. The Hall–Kier alpha value is -1.82. The molecule has 0 spiro atoms. The number of alkyl halides is 2. The summed E-state index contributed by atoms with van der Waals surface area (Å²) in [6, 6.07) is 5.31. The van der Waals surface area contributed by atoms with Crippen molar-refractivity contribution >= 4 is 0 Å². The van der Waals surface area contributed by atoms with E-state index in [2.05, 4.69) is 10.4 Å². The lowest BCUT2D eigenvalue weighted by atomic mass is 10.2. The van der Waals surface area contributed by atoms with Gasteiger partial charge in [-0.05, 0) is 36.7 Å². The van der Waals surface area contributed by atoms with Crippen LogP contribution in [0, 0.1) is 11.7 Å². The van der Waals surface area contributed by atoms with Gasteiger partial charge in [-0.1, -0.05) is 13.8 Å². The molecule has 0 aliphatic carbocycles. The average molecular weight is 297 g/mol. The zero-order valence-corrected chi connectivity index (χ0v) is 12.0. The SMILES string of the molecule is CC(C)CNCc1cnn(-c2ccc(F)cc2)c1C(F)F. The number of benzene rings is 1. The quantitative estimate of drug-likeness (QED) is 0.881. The van der Waals surface area contributed by atoms with Crippen molar-refractivity contribution in [3.63, 3.8) is 0 Å². The van der Waals surface area contributed by atoms with Gasteiger partial charge >= 0.3 is 0 Å². The minimum atomic E-state index is -2.64. The molecular weight excluding hydrogens is 279 g/mol. The molecule has 0 aliphatic heterocycles. The molecule has 3 nitrogen and oxygen atoms in total. The highest BCUT2D eigenvalue weighted by molar-refractivity contribution is 5.35. The van der Waals surface area contributed by atoms with Gasteiger partial charge in [-0.3, -0.25) is 0 Å². The van der Waals surface area contributed by atoms with E-state index < -0.39 is 12.2 Å². The van der Waals surface area contributed by atoms with Crippen molar-refractivity contribution in [1.29, 1.82) is 0 Å². The molecule has 0 bridgehead atoms. The second-order valence-corrected chi connectivity index (χ2v) is 5.27. The van der Waals surface area contributed by atoms with Crippen LogP contribution < -0.4 is 5.32 Å². The van der Waals surface area contributed by atoms with E-state index in [0.29, 0.717) is 23.7 Å². The molecule has 1 N–H and O–H groups in total. The second-order valence-electron chi connectivity index (χ2n) is 5.27. The maximum atomic E-state index is 13.3. The van der Waals surface area contributed by atoms with Gasteiger partial charge in [0.2, 0.25) is 0 Å². The number of rotatable bonds is 6. The van der Waals surface area contributed by atoms with Gasteiger partial charge in [-0.25, -0.2) is 17.9 Å². The van der Waals surface area contributed by atoms with Crippen LogP contribution in [-0.4, -0.2) is 16.3 Å². The maximum absolute atomic E-state index is 13.3. The highest BCUT2D eigenvalue weighted by Gasteiger charge is 2.20. The number of hydrogen-bond donors (Lipinski definition) is 1. The molecule has 1 aromatic heterocycles. The van der Waals surface area contributed by atoms with Crippen molar-refractivity contribution in [2.75, 3.05) is 6.54 Å². The molecule has 6 heteroatoms. The highest BCUT2D eigenvalue weighted by Crippen LogP contribution is 2.25. The number of nitrogens with zero attached hydrogens (tertiary/aromatic N) is 2. The summed E-state index contributed by atoms with van der Waals surface area (Å²) in [7, 11) is 0. The normalized spacial score (nSPS) is 11.6. The van der Waals surface area contributed by atoms with Gasteiger partial charge in [0.1, 0.15) is 11.5 Å². The Kier molecular flexibility index (Phi) is 5.01. The molecule has 0 amide bonds. The third kappa shape index (κ3) is 3.85. The summed E-state index contributed by atoms with van der Waals surface area (Å²) < 4.78 is 40.7. The Bertz CT molecular complexity index is 576.